The van der Waals surface area contributed by atoms with Crippen LogP contribution in [0.2, 0.25) is 5.02 Å². The van der Waals surface area contributed by atoms with Crippen molar-refractivity contribution in [3.05, 3.63) is 76.9 Å². The molecule has 0 aliphatic rings. The first-order chi connectivity index (χ1) is 12.5. The second kappa shape index (κ2) is 7.84. The molecule has 0 saturated carbocycles. The highest BCUT2D eigenvalue weighted by atomic mass is 35.5. The average molecular weight is 369 g/mol. The summed E-state index contributed by atoms with van der Waals surface area (Å²) in [6.45, 7) is 0. The summed E-state index contributed by atoms with van der Waals surface area (Å²) >= 11 is 5.91. The van der Waals surface area contributed by atoms with Crippen molar-refractivity contribution < 1.29 is 9.59 Å². The van der Waals surface area contributed by atoms with Crippen molar-refractivity contribution in [2.45, 2.75) is 12.5 Å². The summed E-state index contributed by atoms with van der Waals surface area (Å²) in [6.07, 6.45) is 1.45. The third-order valence-corrected chi connectivity index (χ3v) is 4.18. The Morgan fingerprint density at radius 1 is 1.12 bits per heavy atom. The number of carbonyl (C=O) groups excluding carboxylic acids is 2. The van der Waals surface area contributed by atoms with Crippen LogP contribution in [-0.2, 0) is 4.79 Å². The van der Waals surface area contributed by atoms with Gasteiger partial charge in [0, 0.05) is 10.6 Å². The standard InChI is InChI=1S/C19H17ClN4O2/c20-14-8-6-13(7-9-14)18-15(11-22-24-18)19(26)23-16(10-17(21)25)12-4-2-1-3-5-12/h1-9,11,16H,10H2,(H2,21,25)(H,22,24)(H,23,26)/t16-/m0/s1. The van der Waals surface area contributed by atoms with E-state index in [1.165, 1.54) is 6.20 Å². The number of amides is 2. The van der Waals surface area contributed by atoms with E-state index in [0.717, 1.165) is 11.1 Å². The van der Waals surface area contributed by atoms with Crippen molar-refractivity contribution in [2.24, 2.45) is 5.73 Å². The summed E-state index contributed by atoms with van der Waals surface area (Å²) in [6, 6.07) is 15.8. The van der Waals surface area contributed by atoms with Gasteiger partial charge >= 0.3 is 0 Å². The number of nitrogens with two attached hydrogens (primary N) is 1. The lowest BCUT2D eigenvalue weighted by Gasteiger charge is -2.18. The molecule has 1 atom stereocenters. The topological polar surface area (TPSA) is 101 Å². The number of aromatic amines is 1. The summed E-state index contributed by atoms with van der Waals surface area (Å²) in [5, 5.41) is 10.3. The van der Waals surface area contributed by atoms with E-state index >= 15 is 0 Å². The molecule has 0 aliphatic carbocycles. The van der Waals surface area contributed by atoms with E-state index in [1.807, 2.05) is 30.3 Å². The number of rotatable bonds is 6. The quantitative estimate of drug-likeness (QED) is 0.623. The predicted octanol–water partition coefficient (Wildman–Crippen LogP) is 3.08. The maximum atomic E-state index is 12.8. The highest BCUT2D eigenvalue weighted by Crippen LogP contribution is 2.24. The van der Waals surface area contributed by atoms with Crippen molar-refractivity contribution in [1.82, 2.24) is 15.5 Å². The van der Waals surface area contributed by atoms with Crippen molar-refractivity contribution in [3.63, 3.8) is 0 Å². The van der Waals surface area contributed by atoms with Gasteiger partial charge in [-0.2, -0.15) is 5.10 Å². The minimum absolute atomic E-state index is 0.00385. The van der Waals surface area contributed by atoms with Gasteiger partial charge in [-0.15, -0.1) is 0 Å². The van der Waals surface area contributed by atoms with Crippen LogP contribution in [0.1, 0.15) is 28.4 Å². The normalized spacial score (nSPS) is 11.7. The van der Waals surface area contributed by atoms with Crippen molar-refractivity contribution in [3.8, 4) is 11.3 Å². The number of H-pyrrole nitrogens is 1. The van der Waals surface area contributed by atoms with Gasteiger partial charge in [0.2, 0.25) is 5.91 Å². The Morgan fingerprint density at radius 3 is 2.46 bits per heavy atom. The van der Waals surface area contributed by atoms with Crippen molar-refractivity contribution >= 4 is 23.4 Å². The van der Waals surface area contributed by atoms with Crippen molar-refractivity contribution in [2.75, 3.05) is 0 Å². The van der Waals surface area contributed by atoms with Gasteiger partial charge in [0.15, 0.2) is 0 Å². The molecule has 0 radical (unpaired) electrons. The number of primary amides is 1. The van der Waals surface area contributed by atoms with Gasteiger partial charge in [-0.3, -0.25) is 14.7 Å². The van der Waals surface area contributed by atoms with Gasteiger partial charge in [-0.25, -0.2) is 0 Å². The summed E-state index contributed by atoms with van der Waals surface area (Å²) in [5.74, 6) is -0.844. The molecule has 0 aliphatic heterocycles. The zero-order valence-corrected chi connectivity index (χ0v) is 14.5. The molecule has 3 rings (SSSR count). The SMILES string of the molecule is NC(=O)C[C@H](NC(=O)c1cn[nH]c1-c1ccc(Cl)cc1)c1ccccc1. The number of hydrogen-bond acceptors (Lipinski definition) is 3. The Morgan fingerprint density at radius 2 is 1.81 bits per heavy atom. The zero-order chi connectivity index (χ0) is 18.5. The predicted molar refractivity (Wildman–Crippen MR) is 99.5 cm³/mol. The van der Waals surface area contributed by atoms with E-state index in [0.29, 0.717) is 16.3 Å². The van der Waals surface area contributed by atoms with Crippen LogP contribution in [0.25, 0.3) is 11.3 Å². The summed E-state index contributed by atoms with van der Waals surface area (Å²) in [5.41, 5.74) is 7.87. The van der Waals surface area contributed by atoms with Crippen LogP contribution in [-0.4, -0.2) is 22.0 Å². The summed E-state index contributed by atoms with van der Waals surface area (Å²) < 4.78 is 0. The molecule has 4 N–H and O–H groups in total. The molecule has 0 fully saturated rings. The largest absolute Gasteiger partial charge is 0.370 e. The van der Waals surface area contributed by atoms with Gasteiger partial charge in [0.05, 0.1) is 29.9 Å². The summed E-state index contributed by atoms with van der Waals surface area (Å²) in [4.78, 5) is 24.2. The Bertz CT molecular complexity index is 907. The van der Waals surface area contributed by atoms with Crippen LogP contribution in [0, 0.1) is 0 Å². The Kier molecular flexibility index (Phi) is 5.34. The molecule has 2 amide bonds. The number of halogens is 1. The molecule has 6 nitrogen and oxygen atoms in total. The van der Waals surface area contributed by atoms with Crippen LogP contribution in [0.15, 0.2) is 60.8 Å². The molecule has 0 spiro atoms. The molecular weight excluding hydrogens is 352 g/mol. The lowest BCUT2D eigenvalue weighted by molar-refractivity contribution is -0.118. The van der Waals surface area contributed by atoms with Gasteiger partial charge in [-0.05, 0) is 17.7 Å². The molecule has 2 aromatic carbocycles. The van der Waals surface area contributed by atoms with Crippen LogP contribution in [0.5, 0.6) is 0 Å². The molecule has 1 heterocycles. The molecule has 3 aromatic rings. The second-order valence-electron chi connectivity index (χ2n) is 5.77. The first-order valence-corrected chi connectivity index (χ1v) is 8.36. The Balaban J connectivity index is 1.86. The van der Waals surface area contributed by atoms with E-state index in [-0.39, 0.29) is 12.3 Å². The maximum absolute atomic E-state index is 12.8. The van der Waals surface area contributed by atoms with E-state index in [1.54, 1.807) is 24.3 Å². The molecule has 7 heteroatoms. The summed E-state index contributed by atoms with van der Waals surface area (Å²) in [7, 11) is 0. The first-order valence-electron chi connectivity index (χ1n) is 7.98. The minimum Gasteiger partial charge on any atom is -0.370 e. The minimum atomic E-state index is -0.519. The number of carbonyl (C=O) groups is 2. The third-order valence-electron chi connectivity index (χ3n) is 3.93. The Hall–Kier alpha value is -3.12. The number of benzene rings is 2. The van der Waals surface area contributed by atoms with Crippen LogP contribution in [0.3, 0.4) is 0 Å². The van der Waals surface area contributed by atoms with E-state index in [4.69, 9.17) is 17.3 Å². The number of aromatic nitrogens is 2. The molecular formula is C19H17ClN4O2. The van der Waals surface area contributed by atoms with Gasteiger partial charge in [-0.1, -0.05) is 54.1 Å². The average Bonchev–Trinajstić information content (AvgIpc) is 3.12. The van der Waals surface area contributed by atoms with Gasteiger partial charge < -0.3 is 11.1 Å². The lowest BCUT2D eigenvalue weighted by atomic mass is 10.0. The highest BCUT2D eigenvalue weighted by Gasteiger charge is 2.21. The van der Waals surface area contributed by atoms with Crippen LogP contribution in [0.4, 0.5) is 0 Å². The first kappa shape index (κ1) is 17.7. The fraction of sp³-hybridized carbons (Fsp3) is 0.105. The van der Waals surface area contributed by atoms with E-state index < -0.39 is 11.9 Å². The maximum Gasteiger partial charge on any atom is 0.255 e. The second-order valence-corrected chi connectivity index (χ2v) is 6.21. The Labute approximate surface area is 155 Å². The molecule has 0 bridgehead atoms. The number of nitrogens with one attached hydrogen (secondary N) is 2. The van der Waals surface area contributed by atoms with E-state index in [9.17, 15) is 9.59 Å². The van der Waals surface area contributed by atoms with Crippen LogP contribution >= 0.6 is 11.6 Å². The molecule has 0 unspecified atom stereocenters. The van der Waals surface area contributed by atoms with Crippen molar-refractivity contribution in [1.29, 1.82) is 0 Å². The van der Waals surface area contributed by atoms with Crippen LogP contribution < -0.4 is 11.1 Å². The monoisotopic (exact) mass is 368 g/mol. The third kappa shape index (κ3) is 4.10. The molecule has 0 saturated heterocycles. The van der Waals surface area contributed by atoms with Gasteiger partial charge in [0.1, 0.15) is 0 Å². The van der Waals surface area contributed by atoms with E-state index in [2.05, 4.69) is 15.5 Å². The number of nitrogens with zero attached hydrogens (tertiary/aromatic N) is 1. The lowest BCUT2D eigenvalue weighted by Crippen LogP contribution is -2.31. The zero-order valence-electron chi connectivity index (χ0n) is 13.8. The molecule has 132 valence electrons. The smallest absolute Gasteiger partial charge is 0.255 e. The molecule has 26 heavy (non-hydrogen) atoms. The fourth-order valence-corrected chi connectivity index (χ4v) is 2.80. The molecule has 1 aromatic heterocycles. The fourth-order valence-electron chi connectivity index (χ4n) is 2.67. The van der Waals surface area contributed by atoms with Gasteiger partial charge in [0.25, 0.3) is 5.91 Å². The number of hydrogen-bond donors (Lipinski definition) is 3. The highest BCUT2D eigenvalue weighted by molar-refractivity contribution is 6.30.